The van der Waals surface area contributed by atoms with Gasteiger partial charge >= 0.3 is 0 Å². The van der Waals surface area contributed by atoms with Crippen LogP contribution in [-0.2, 0) is 16.4 Å². The van der Waals surface area contributed by atoms with Gasteiger partial charge in [-0.2, -0.15) is 0 Å². The summed E-state index contributed by atoms with van der Waals surface area (Å²) in [5, 5.41) is 2.96. The van der Waals surface area contributed by atoms with Crippen LogP contribution in [0.2, 0.25) is 0 Å². The van der Waals surface area contributed by atoms with Gasteiger partial charge in [-0.1, -0.05) is 24.3 Å². The lowest BCUT2D eigenvalue weighted by atomic mass is 10.1. The van der Waals surface area contributed by atoms with Gasteiger partial charge in [0.1, 0.15) is 0 Å². The van der Waals surface area contributed by atoms with Crippen molar-refractivity contribution in [3.05, 3.63) is 65.2 Å². The largest absolute Gasteiger partial charge is 0.346 e. The first-order valence-electron chi connectivity index (χ1n) is 9.25. The zero-order chi connectivity index (χ0) is 19.4. The Kier molecular flexibility index (Phi) is 5.97. The van der Waals surface area contributed by atoms with Crippen LogP contribution in [0.15, 0.2) is 53.4 Å². The molecule has 2 aromatic carbocycles. The van der Waals surface area contributed by atoms with Crippen molar-refractivity contribution in [3.8, 4) is 0 Å². The second-order valence-electron chi connectivity index (χ2n) is 7.22. The summed E-state index contributed by atoms with van der Waals surface area (Å²) < 4.78 is 23.1. The highest BCUT2D eigenvalue weighted by molar-refractivity contribution is 7.90. The number of sulfone groups is 1. The van der Waals surface area contributed by atoms with Gasteiger partial charge in [-0.3, -0.25) is 9.69 Å². The number of benzene rings is 2. The zero-order valence-electron chi connectivity index (χ0n) is 15.8. The molecule has 3 rings (SSSR count). The maximum atomic E-state index is 12.5. The molecule has 1 saturated heterocycles. The molecule has 1 aliphatic rings. The number of nitrogens with zero attached hydrogens (tertiary/aromatic N) is 1. The Balaban J connectivity index is 1.60. The standard InChI is InChI=1S/C21H26N2O3S/c1-16(18-9-11-20(12-10-18)27(2,25)26)22-21(24)19-7-5-17(6-8-19)15-23-13-3-4-14-23/h5-12,16H,3-4,13-15H2,1-2H3,(H,22,24)/t16-/m1/s1. The van der Waals surface area contributed by atoms with Gasteiger partial charge < -0.3 is 5.32 Å². The van der Waals surface area contributed by atoms with E-state index in [1.807, 2.05) is 31.2 Å². The molecule has 2 aromatic rings. The van der Waals surface area contributed by atoms with Crippen molar-refractivity contribution >= 4 is 15.7 Å². The molecule has 0 bridgehead atoms. The summed E-state index contributed by atoms with van der Waals surface area (Å²) in [5.41, 5.74) is 2.71. The Labute approximate surface area is 161 Å². The molecule has 0 spiro atoms. The maximum absolute atomic E-state index is 12.5. The van der Waals surface area contributed by atoms with E-state index >= 15 is 0 Å². The van der Waals surface area contributed by atoms with E-state index in [1.165, 1.54) is 24.7 Å². The van der Waals surface area contributed by atoms with Crippen molar-refractivity contribution in [2.75, 3.05) is 19.3 Å². The SMILES string of the molecule is C[C@@H](NC(=O)c1ccc(CN2CCCC2)cc1)c1ccc(S(C)(=O)=O)cc1. The van der Waals surface area contributed by atoms with Gasteiger partial charge in [-0.25, -0.2) is 8.42 Å². The van der Waals surface area contributed by atoms with E-state index in [0.717, 1.165) is 25.2 Å². The summed E-state index contributed by atoms with van der Waals surface area (Å²) in [7, 11) is -3.22. The van der Waals surface area contributed by atoms with Crippen molar-refractivity contribution in [1.82, 2.24) is 10.2 Å². The minimum absolute atomic E-state index is 0.137. The van der Waals surface area contributed by atoms with Gasteiger partial charge in [0, 0.05) is 18.4 Å². The van der Waals surface area contributed by atoms with E-state index in [0.29, 0.717) is 5.56 Å². The van der Waals surface area contributed by atoms with E-state index in [1.54, 1.807) is 24.3 Å². The van der Waals surface area contributed by atoms with E-state index in [2.05, 4.69) is 10.2 Å². The second-order valence-corrected chi connectivity index (χ2v) is 9.23. The van der Waals surface area contributed by atoms with Crippen molar-refractivity contribution < 1.29 is 13.2 Å². The summed E-state index contributed by atoms with van der Waals surface area (Å²) in [6, 6.07) is 14.1. The summed E-state index contributed by atoms with van der Waals surface area (Å²) >= 11 is 0. The first-order chi connectivity index (χ1) is 12.8. The van der Waals surface area contributed by atoms with Crippen molar-refractivity contribution in [1.29, 1.82) is 0 Å². The highest BCUT2D eigenvalue weighted by Gasteiger charge is 2.14. The van der Waals surface area contributed by atoms with Crippen molar-refractivity contribution in [3.63, 3.8) is 0 Å². The van der Waals surface area contributed by atoms with E-state index in [-0.39, 0.29) is 16.8 Å². The van der Waals surface area contributed by atoms with Crippen LogP contribution in [0.5, 0.6) is 0 Å². The van der Waals surface area contributed by atoms with E-state index in [4.69, 9.17) is 0 Å². The van der Waals surface area contributed by atoms with Gasteiger partial charge in [0.15, 0.2) is 9.84 Å². The van der Waals surface area contributed by atoms with Gasteiger partial charge in [0.2, 0.25) is 0 Å². The normalized spacial score (nSPS) is 16.2. The first kappa shape index (κ1) is 19.6. The molecular weight excluding hydrogens is 360 g/mol. The van der Waals surface area contributed by atoms with Crippen LogP contribution in [0, 0.1) is 0 Å². The Morgan fingerprint density at radius 3 is 2.19 bits per heavy atom. The number of hydrogen-bond donors (Lipinski definition) is 1. The number of carbonyl (C=O) groups excluding carboxylic acids is 1. The van der Waals surface area contributed by atoms with E-state index in [9.17, 15) is 13.2 Å². The predicted octanol–water partition coefficient (Wildman–Crippen LogP) is 3.18. The Hall–Kier alpha value is -2.18. The Bertz CT molecular complexity index is 884. The predicted molar refractivity (Wildman–Crippen MR) is 106 cm³/mol. The van der Waals surface area contributed by atoms with Crippen LogP contribution in [0.3, 0.4) is 0 Å². The fourth-order valence-corrected chi connectivity index (χ4v) is 3.96. The van der Waals surface area contributed by atoms with Crippen LogP contribution >= 0.6 is 0 Å². The minimum atomic E-state index is -3.22. The van der Waals surface area contributed by atoms with Crippen LogP contribution in [0.25, 0.3) is 0 Å². The number of rotatable bonds is 6. The fourth-order valence-electron chi connectivity index (χ4n) is 3.33. The highest BCUT2D eigenvalue weighted by atomic mass is 32.2. The Morgan fingerprint density at radius 1 is 1.04 bits per heavy atom. The quantitative estimate of drug-likeness (QED) is 0.828. The molecule has 1 aliphatic heterocycles. The molecule has 0 saturated carbocycles. The lowest BCUT2D eigenvalue weighted by Crippen LogP contribution is -2.26. The topological polar surface area (TPSA) is 66.5 Å². The monoisotopic (exact) mass is 386 g/mol. The maximum Gasteiger partial charge on any atom is 0.251 e. The molecule has 144 valence electrons. The van der Waals surface area contributed by atoms with Crippen LogP contribution < -0.4 is 5.32 Å². The second kappa shape index (κ2) is 8.23. The third-order valence-electron chi connectivity index (χ3n) is 4.98. The third-order valence-corrected chi connectivity index (χ3v) is 6.11. The Morgan fingerprint density at radius 2 is 1.63 bits per heavy atom. The molecule has 1 N–H and O–H groups in total. The molecule has 6 heteroatoms. The molecule has 1 atom stereocenters. The average Bonchev–Trinajstić information content (AvgIpc) is 3.14. The zero-order valence-corrected chi connectivity index (χ0v) is 16.6. The smallest absolute Gasteiger partial charge is 0.251 e. The van der Waals surface area contributed by atoms with Gasteiger partial charge in [-0.05, 0) is 68.2 Å². The van der Waals surface area contributed by atoms with Crippen LogP contribution in [-0.4, -0.2) is 38.6 Å². The van der Waals surface area contributed by atoms with Gasteiger partial charge in [0.05, 0.1) is 10.9 Å². The van der Waals surface area contributed by atoms with Crippen LogP contribution in [0.4, 0.5) is 0 Å². The van der Waals surface area contributed by atoms with Gasteiger partial charge in [0.25, 0.3) is 5.91 Å². The molecule has 27 heavy (non-hydrogen) atoms. The summed E-state index contributed by atoms with van der Waals surface area (Å²) in [4.78, 5) is 15.2. The molecule has 0 aliphatic carbocycles. The molecule has 0 radical (unpaired) electrons. The molecule has 0 unspecified atom stereocenters. The molecule has 1 amide bonds. The summed E-state index contributed by atoms with van der Waals surface area (Å²) in [6.07, 6.45) is 3.72. The average molecular weight is 387 g/mol. The number of carbonyl (C=O) groups is 1. The van der Waals surface area contributed by atoms with Gasteiger partial charge in [-0.15, -0.1) is 0 Å². The molecule has 1 fully saturated rings. The summed E-state index contributed by atoms with van der Waals surface area (Å²) in [6.45, 7) is 5.12. The molecule has 0 aromatic heterocycles. The lowest BCUT2D eigenvalue weighted by Gasteiger charge is -2.16. The number of amides is 1. The molecule has 1 heterocycles. The van der Waals surface area contributed by atoms with E-state index < -0.39 is 9.84 Å². The number of likely N-dealkylation sites (tertiary alicyclic amines) is 1. The number of nitrogens with one attached hydrogen (secondary N) is 1. The van der Waals surface area contributed by atoms with Crippen LogP contribution in [0.1, 0.15) is 47.3 Å². The highest BCUT2D eigenvalue weighted by Crippen LogP contribution is 2.17. The molecular formula is C21H26N2O3S. The minimum Gasteiger partial charge on any atom is -0.346 e. The number of hydrogen-bond acceptors (Lipinski definition) is 4. The fraction of sp³-hybridized carbons (Fsp3) is 0.381. The lowest BCUT2D eigenvalue weighted by molar-refractivity contribution is 0.0940. The van der Waals surface area contributed by atoms with Crippen molar-refractivity contribution in [2.24, 2.45) is 0 Å². The molecule has 5 nitrogen and oxygen atoms in total. The first-order valence-corrected chi connectivity index (χ1v) is 11.1. The third kappa shape index (κ3) is 5.17. The summed E-state index contributed by atoms with van der Waals surface area (Å²) in [5.74, 6) is -0.137. The van der Waals surface area contributed by atoms with Crippen molar-refractivity contribution in [2.45, 2.75) is 37.2 Å².